The van der Waals surface area contributed by atoms with Crippen LogP contribution in [0.15, 0.2) is 12.1 Å². The minimum atomic E-state index is -0.794. The van der Waals surface area contributed by atoms with Crippen LogP contribution in [0.1, 0.15) is 32.5 Å². The molecule has 0 radical (unpaired) electrons. The Balaban J connectivity index is 2.11. The van der Waals surface area contributed by atoms with Gasteiger partial charge < -0.3 is 20.5 Å². The van der Waals surface area contributed by atoms with E-state index in [0.29, 0.717) is 10.6 Å². The second-order valence-corrected chi connectivity index (χ2v) is 6.58. The number of phenols is 1. The summed E-state index contributed by atoms with van der Waals surface area (Å²) < 4.78 is 4.96. The molecule has 0 saturated heterocycles. The normalized spacial score (nSPS) is 16.1. The maximum Gasteiger partial charge on any atom is 0.321 e. The summed E-state index contributed by atoms with van der Waals surface area (Å²) in [4.78, 5) is 24.2. The number of hydrogen-bond acceptors (Lipinski definition) is 7. The van der Waals surface area contributed by atoms with Crippen LogP contribution in [-0.2, 0) is 0 Å². The van der Waals surface area contributed by atoms with Crippen molar-refractivity contribution in [2.45, 2.75) is 20.0 Å². The van der Waals surface area contributed by atoms with E-state index in [0.717, 1.165) is 10.4 Å². The number of nitro benzene ring substituents is 1. The molecule has 0 bridgehead atoms. The number of nitrogens with zero attached hydrogens (tertiary/aromatic N) is 1. The third kappa shape index (κ3) is 2.33. The lowest BCUT2D eigenvalue weighted by molar-refractivity contribution is -0.386. The molecule has 3 N–H and O–H groups in total. The Labute approximate surface area is 141 Å². The first-order valence-corrected chi connectivity index (χ1v) is 7.88. The standard InChI is InChI=1S/C15H15N3O5S/c1-6-7(2)24-15-10(6)14(20)16-13(17-15)8-4-5-9(19)12(23-3)11(8)18(21)22/h4-5,13,17,19H,1-3H3,(H,16,20)/t13-/m0/s1. The predicted molar refractivity (Wildman–Crippen MR) is 88.9 cm³/mol. The number of phenolic OH excluding ortho intramolecular Hbond substituents is 1. The molecule has 0 unspecified atom stereocenters. The van der Waals surface area contributed by atoms with E-state index in [9.17, 15) is 20.0 Å². The van der Waals surface area contributed by atoms with Crippen molar-refractivity contribution in [3.8, 4) is 11.5 Å². The van der Waals surface area contributed by atoms with Crippen LogP contribution in [0.2, 0.25) is 0 Å². The number of nitro groups is 1. The Kier molecular flexibility index (Phi) is 3.80. The van der Waals surface area contributed by atoms with Crippen LogP contribution in [0.25, 0.3) is 0 Å². The Bertz CT molecular complexity index is 861. The molecular formula is C15H15N3O5S. The summed E-state index contributed by atoms with van der Waals surface area (Å²) in [5.74, 6) is -0.867. The molecule has 2 aromatic rings. The summed E-state index contributed by atoms with van der Waals surface area (Å²) in [7, 11) is 1.24. The van der Waals surface area contributed by atoms with Crippen molar-refractivity contribution in [3.05, 3.63) is 43.8 Å². The van der Waals surface area contributed by atoms with Crippen molar-refractivity contribution in [2.75, 3.05) is 12.4 Å². The number of aryl methyl sites for hydroxylation is 1. The lowest BCUT2D eigenvalue weighted by Gasteiger charge is -2.26. The lowest BCUT2D eigenvalue weighted by atomic mass is 10.0. The molecule has 1 aliphatic rings. The molecule has 24 heavy (non-hydrogen) atoms. The van der Waals surface area contributed by atoms with E-state index in [-0.39, 0.29) is 28.7 Å². The predicted octanol–water partition coefficient (Wildman–Crippen LogP) is 2.84. The first-order valence-electron chi connectivity index (χ1n) is 7.06. The van der Waals surface area contributed by atoms with Gasteiger partial charge >= 0.3 is 5.69 Å². The molecule has 9 heteroatoms. The molecule has 1 aliphatic heterocycles. The van der Waals surface area contributed by atoms with Gasteiger partial charge in [-0.15, -0.1) is 11.3 Å². The highest BCUT2D eigenvalue weighted by Crippen LogP contribution is 2.44. The van der Waals surface area contributed by atoms with E-state index in [1.165, 1.54) is 30.6 Å². The highest BCUT2D eigenvalue weighted by Gasteiger charge is 2.35. The number of anilines is 1. The van der Waals surface area contributed by atoms with Crippen LogP contribution in [0.5, 0.6) is 11.5 Å². The number of hydrogen-bond donors (Lipinski definition) is 3. The average molecular weight is 349 g/mol. The van der Waals surface area contributed by atoms with Gasteiger partial charge in [0, 0.05) is 4.88 Å². The number of ether oxygens (including phenoxy) is 1. The molecule has 1 amide bonds. The molecule has 0 spiro atoms. The fourth-order valence-corrected chi connectivity index (χ4v) is 3.81. The monoisotopic (exact) mass is 349 g/mol. The highest BCUT2D eigenvalue weighted by atomic mass is 32.1. The summed E-state index contributed by atoms with van der Waals surface area (Å²) in [5, 5.41) is 27.7. The second kappa shape index (κ2) is 5.68. The molecule has 0 fully saturated rings. The maximum absolute atomic E-state index is 12.4. The largest absolute Gasteiger partial charge is 0.504 e. The molecule has 8 nitrogen and oxygen atoms in total. The molecule has 3 rings (SSSR count). The van der Waals surface area contributed by atoms with Gasteiger partial charge in [0.05, 0.1) is 23.2 Å². The van der Waals surface area contributed by atoms with Gasteiger partial charge in [0.1, 0.15) is 11.2 Å². The average Bonchev–Trinajstić information content (AvgIpc) is 2.81. The topological polar surface area (TPSA) is 114 Å². The molecule has 126 valence electrons. The van der Waals surface area contributed by atoms with Crippen molar-refractivity contribution < 1.29 is 19.6 Å². The molecule has 0 aliphatic carbocycles. The zero-order valence-corrected chi connectivity index (χ0v) is 14.0. The molecule has 1 aromatic carbocycles. The minimum absolute atomic E-state index is 0.206. The molecule has 1 aromatic heterocycles. The van der Waals surface area contributed by atoms with Crippen molar-refractivity contribution in [3.63, 3.8) is 0 Å². The number of carbonyl (C=O) groups excluding carboxylic acids is 1. The highest BCUT2D eigenvalue weighted by molar-refractivity contribution is 7.16. The zero-order chi connectivity index (χ0) is 17.6. The Morgan fingerprint density at radius 3 is 2.67 bits per heavy atom. The van der Waals surface area contributed by atoms with Crippen LogP contribution in [-0.4, -0.2) is 23.0 Å². The van der Waals surface area contributed by atoms with Crippen LogP contribution >= 0.6 is 11.3 Å². The van der Waals surface area contributed by atoms with Gasteiger partial charge in [0.25, 0.3) is 5.91 Å². The number of methoxy groups -OCH3 is 1. The van der Waals surface area contributed by atoms with Gasteiger partial charge in [-0.05, 0) is 31.5 Å². The van der Waals surface area contributed by atoms with Gasteiger partial charge in [-0.25, -0.2) is 0 Å². The number of rotatable bonds is 3. The van der Waals surface area contributed by atoms with E-state index in [4.69, 9.17) is 4.74 Å². The number of carbonyl (C=O) groups is 1. The maximum atomic E-state index is 12.4. The lowest BCUT2D eigenvalue weighted by Crippen LogP contribution is -2.38. The van der Waals surface area contributed by atoms with Crippen LogP contribution in [0.3, 0.4) is 0 Å². The van der Waals surface area contributed by atoms with E-state index in [1.807, 2.05) is 13.8 Å². The summed E-state index contributed by atoms with van der Waals surface area (Å²) in [6, 6.07) is 2.70. The van der Waals surface area contributed by atoms with E-state index >= 15 is 0 Å². The first kappa shape index (κ1) is 16.1. The Morgan fingerprint density at radius 2 is 2.04 bits per heavy atom. The minimum Gasteiger partial charge on any atom is -0.504 e. The smallest absolute Gasteiger partial charge is 0.321 e. The number of thiophene rings is 1. The first-order chi connectivity index (χ1) is 11.3. The van der Waals surface area contributed by atoms with Gasteiger partial charge in [0.15, 0.2) is 5.75 Å². The van der Waals surface area contributed by atoms with Crippen molar-refractivity contribution in [2.24, 2.45) is 0 Å². The summed E-state index contributed by atoms with van der Waals surface area (Å²) in [6.45, 7) is 3.77. The van der Waals surface area contributed by atoms with Crippen molar-refractivity contribution >= 4 is 27.9 Å². The molecule has 0 saturated carbocycles. The quantitative estimate of drug-likeness (QED) is 0.580. The van der Waals surface area contributed by atoms with Crippen molar-refractivity contribution in [1.82, 2.24) is 5.32 Å². The number of amides is 1. The molecular weight excluding hydrogens is 334 g/mol. The Morgan fingerprint density at radius 1 is 1.33 bits per heavy atom. The van der Waals surface area contributed by atoms with E-state index in [1.54, 1.807) is 0 Å². The number of nitrogens with one attached hydrogen (secondary N) is 2. The van der Waals surface area contributed by atoms with Gasteiger partial charge in [-0.2, -0.15) is 0 Å². The SMILES string of the molecule is COc1c(O)ccc([C@H]2NC(=O)c3c(sc(C)c3C)N2)c1[N+](=O)[O-]. The van der Waals surface area contributed by atoms with Gasteiger partial charge in [0.2, 0.25) is 5.75 Å². The fourth-order valence-electron chi connectivity index (χ4n) is 2.73. The number of fused-ring (bicyclic) bond motifs is 1. The van der Waals surface area contributed by atoms with Crippen LogP contribution in [0, 0.1) is 24.0 Å². The second-order valence-electron chi connectivity index (χ2n) is 5.35. The number of aromatic hydroxyl groups is 1. The van der Waals surface area contributed by atoms with Gasteiger partial charge in [-0.1, -0.05) is 0 Å². The summed E-state index contributed by atoms with van der Waals surface area (Å²) in [5.41, 5.74) is 1.26. The van der Waals surface area contributed by atoms with Gasteiger partial charge in [-0.3, -0.25) is 14.9 Å². The Hall–Kier alpha value is -2.81. The summed E-state index contributed by atoms with van der Waals surface area (Å²) >= 11 is 1.42. The fraction of sp³-hybridized carbons (Fsp3) is 0.267. The zero-order valence-electron chi connectivity index (χ0n) is 13.2. The van der Waals surface area contributed by atoms with E-state index < -0.39 is 11.1 Å². The van der Waals surface area contributed by atoms with E-state index in [2.05, 4.69) is 10.6 Å². The van der Waals surface area contributed by atoms with Crippen LogP contribution < -0.4 is 15.4 Å². The molecule has 1 atom stereocenters. The summed E-state index contributed by atoms with van der Waals surface area (Å²) in [6.07, 6.45) is -0.794. The third-order valence-electron chi connectivity index (χ3n) is 4.00. The van der Waals surface area contributed by atoms with Crippen LogP contribution in [0.4, 0.5) is 10.7 Å². The third-order valence-corrected chi connectivity index (χ3v) is 5.14. The molecule has 2 heterocycles. The van der Waals surface area contributed by atoms with Crippen molar-refractivity contribution in [1.29, 1.82) is 0 Å². The number of benzene rings is 1.